The van der Waals surface area contributed by atoms with Gasteiger partial charge in [-0.25, -0.2) is 0 Å². The third kappa shape index (κ3) is 2.22. The topological polar surface area (TPSA) is 20.2 Å². The molecule has 0 saturated carbocycles. The van der Waals surface area contributed by atoms with Gasteiger partial charge in [0.15, 0.2) is 0 Å². The lowest BCUT2D eigenvalue weighted by Crippen LogP contribution is -2.17. The molecule has 1 nitrogen and oxygen atoms in total. The second-order valence-electron chi connectivity index (χ2n) is 7.74. The molecule has 0 aliphatic heterocycles. The minimum atomic E-state index is 0.373. The molecule has 25 heavy (non-hydrogen) atoms. The Kier molecular flexibility index (Phi) is 3.64. The molecule has 0 fully saturated rings. The summed E-state index contributed by atoms with van der Waals surface area (Å²) in [5, 5.41) is 18.2. The van der Waals surface area contributed by atoms with Crippen molar-refractivity contribution in [3.63, 3.8) is 0 Å². The molecular weight excluding hydrogens is 304 g/mol. The van der Waals surface area contributed by atoms with E-state index in [0.29, 0.717) is 23.5 Å². The zero-order chi connectivity index (χ0) is 17.9. The lowest BCUT2D eigenvalue weighted by atomic mass is 9.81. The van der Waals surface area contributed by atoms with Crippen molar-refractivity contribution in [2.75, 3.05) is 0 Å². The van der Waals surface area contributed by atoms with Gasteiger partial charge in [0.1, 0.15) is 5.75 Å². The molecule has 0 amide bonds. The van der Waals surface area contributed by atoms with E-state index in [1.165, 1.54) is 43.1 Å². The molecule has 0 spiro atoms. The number of rotatable bonds is 0. The number of phenolic OH excluding ortho intramolecular Hbond substituents is 1. The second-order valence-corrected chi connectivity index (χ2v) is 7.74. The lowest BCUT2D eigenvalue weighted by Gasteiger charge is -2.23. The van der Waals surface area contributed by atoms with Crippen molar-refractivity contribution in [1.29, 1.82) is 0 Å². The van der Waals surface area contributed by atoms with Crippen molar-refractivity contribution >= 4 is 33.7 Å². The molecule has 0 aromatic heterocycles. The Morgan fingerprint density at radius 2 is 1.76 bits per heavy atom. The maximum atomic E-state index is 10.5. The fourth-order valence-electron chi connectivity index (χ4n) is 4.67. The predicted molar refractivity (Wildman–Crippen MR) is 108 cm³/mol. The van der Waals surface area contributed by atoms with Crippen molar-refractivity contribution < 1.29 is 5.11 Å². The van der Waals surface area contributed by atoms with Gasteiger partial charge in [-0.1, -0.05) is 51.1 Å². The second kappa shape index (κ2) is 5.62. The first-order chi connectivity index (χ1) is 11.9. The quantitative estimate of drug-likeness (QED) is 0.577. The normalized spacial score (nSPS) is 23.7. The van der Waals surface area contributed by atoms with Crippen LogP contribution in [0.3, 0.4) is 0 Å². The van der Waals surface area contributed by atoms with E-state index < -0.39 is 0 Å². The third-order valence-electron chi connectivity index (χ3n) is 6.37. The highest BCUT2D eigenvalue weighted by atomic mass is 16.3. The predicted octanol–water partition coefficient (Wildman–Crippen LogP) is 4.98. The van der Waals surface area contributed by atoms with Gasteiger partial charge in [-0.3, -0.25) is 0 Å². The highest BCUT2D eigenvalue weighted by Crippen LogP contribution is 2.38. The van der Waals surface area contributed by atoms with E-state index in [1.54, 1.807) is 0 Å². The minimum absolute atomic E-state index is 0.373. The monoisotopic (exact) mass is 330 g/mol. The van der Waals surface area contributed by atoms with Crippen LogP contribution in [0.4, 0.5) is 0 Å². The van der Waals surface area contributed by atoms with Crippen molar-refractivity contribution in [3.05, 3.63) is 51.9 Å². The molecule has 3 atom stereocenters. The molecule has 3 aromatic carbocycles. The summed E-state index contributed by atoms with van der Waals surface area (Å²) >= 11 is 0. The number of hydrogen-bond acceptors (Lipinski definition) is 1. The van der Waals surface area contributed by atoms with Crippen LogP contribution in [0.5, 0.6) is 5.75 Å². The van der Waals surface area contributed by atoms with E-state index in [2.05, 4.69) is 65.0 Å². The molecule has 0 bridgehead atoms. The van der Waals surface area contributed by atoms with Crippen molar-refractivity contribution in [2.24, 2.45) is 11.8 Å². The van der Waals surface area contributed by atoms with E-state index in [4.69, 9.17) is 0 Å². The lowest BCUT2D eigenvalue weighted by molar-refractivity contribution is 0.412. The summed E-state index contributed by atoms with van der Waals surface area (Å²) in [6.07, 6.45) is 4.65. The fraction of sp³-hybridized carbons (Fsp3) is 0.333. The van der Waals surface area contributed by atoms with E-state index >= 15 is 0 Å². The summed E-state index contributed by atoms with van der Waals surface area (Å²) < 4.78 is 0. The van der Waals surface area contributed by atoms with E-state index in [-0.39, 0.29) is 0 Å². The van der Waals surface area contributed by atoms with Gasteiger partial charge in [0.25, 0.3) is 0 Å². The average molecular weight is 330 g/mol. The van der Waals surface area contributed by atoms with Crippen LogP contribution < -0.4 is 10.4 Å². The van der Waals surface area contributed by atoms with Gasteiger partial charge in [-0.2, -0.15) is 0 Å². The fourth-order valence-corrected chi connectivity index (χ4v) is 4.67. The first-order valence-electron chi connectivity index (χ1n) is 9.30. The first-order valence-corrected chi connectivity index (χ1v) is 9.30. The van der Waals surface area contributed by atoms with E-state index in [1.807, 2.05) is 12.1 Å². The molecule has 1 heteroatoms. The Bertz CT molecular complexity index is 1120. The van der Waals surface area contributed by atoms with Gasteiger partial charge >= 0.3 is 0 Å². The summed E-state index contributed by atoms with van der Waals surface area (Å²) in [6, 6.07) is 10.5. The molecular formula is C24H26O. The Balaban J connectivity index is 2.43. The Morgan fingerprint density at radius 3 is 2.48 bits per heavy atom. The van der Waals surface area contributed by atoms with Gasteiger partial charge in [-0.15, -0.1) is 0 Å². The number of aryl methyl sites for hydroxylation is 1. The molecule has 4 rings (SSSR count). The van der Waals surface area contributed by atoms with E-state index in [9.17, 15) is 5.11 Å². The highest BCUT2D eigenvalue weighted by Gasteiger charge is 2.26. The molecule has 1 N–H and O–H groups in total. The number of benzene rings is 3. The molecule has 128 valence electrons. The summed E-state index contributed by atoms with van der Waals surface area (Å²) in [5.41, 5.74) is 2.57. The standard InChI is InChI=1S/C24H26O/c1-6-18-22-12-17(25)11-20-16(5)15(4)14(3)10-21(24(20)22)19-9-7-8-13(2)23(18)19/h6-12,14-16,25H,1-5H3/b18-6-. The molecule has 3 aromatic rings. The molecule has 1 aliphatic carbocycles. The van der Waals surface area contributed by atoms with Gasteiger partial charge < -0.3 is 5.11 Å². The number of aromatic hydroxyl groups is 1. The van der Waals surface area contributed by atoms with Crippen LogP contribution >= 0.6 is 0 Å². The van der Waals surface area contributed by atoms with Crippen molar-refractivity contribution in [3.8, 4) is 5.75 Å². The van der Waals surface area contributed by atoms with Crippen LogP contribution in [0.15, 0.2) is 30.3 Å². The molecule has 0 heterocycles. The van der Waals surface area contributed by atoms with E-state index in [0.717, 1.165) is 0 Å². The van der Waals surface area contributed by atoms with Gasteiger partial charge in [0.2, 0.25) is 0 Å². The Labute approximate surface area is 149 Å². The maximum absolute atomic E-state index is 10.5. The largest absolute Gasteiger partial charge is 0.508 e. The van der Waals surface area contributed by atoms with Crippen molar-refractivity contribution in [1.82, 2.24) is 0 Å². The van der Waals surface area contributed by atoms with Gasteiger partial charge in [0, 0.05) is 0 Å². The summed E-state index contributed by atoms with van der Waals surface area (Å²) in [4.78, 5) is 0. The average Bonchev–Trinajstić information content (AvgIpc) is 2.68. The van der Waals surface area contributed by atoms with Crippen LogP contribution in [-0.4, -0.2) is 5.11 Å². The smallest absolute Gasteiger partial charge is 0.116 e. The SMILES string of the molecule is C/C=c1/c2cc(O)cc3c2c(c2cccc(C)c12)=CC(C)C(C)C3C. The summed E-state index contributed by atoms with van der Waals surface area (Å²) in [7, 11) is 0. The molecule has 0 radical (unpaired) electrons. The first kappa shape index (κ1) is 16.2. The molecule has 1 aliphatic rings. The Hall–Kier alpha value is -2.28. The summed E-state index contributed by atoms with van der Waals surface area (Å²) in [6.45, 7) is 11.2. The van der Waals surface area contributed by atoms with Gasteiger partial charge in [-0.05, 0) is 86.8 Å². The molecule has 3 unspecified atom stereocenters. The van der Waals surface area contributed by atoms with Crippen LogP contribution in [0, 0.1) is 18.8 Å². The highest BCUT2D eigenvalue weighted by molar-refractivity contribution is 6.03. The number of hydrogen-bond donors (Lipinski definition) is 1. The molecule has 0 saturated heterocycles. The van der Waals surface area contributed by atoms with Crippen LogP contribution in [0.1, 0.15) is 44.7 Å². The maximum Gasteiger partial charge on any atom is 0.116 e. The van der Waals surface area contributed by atoms with Crippen molar-refractivity contribution in [2.45, 2.75) is 40.5 Å². The van der Waals surface area contributed by atoms with Crippen LogP contribution in [-0.2, 0) is 0 Å². The number of phenols is 1. The zero-order valence-corrected chi connectivity index (χ0v) is 15.7. The minimum Gasteiger partial charge on any atom is -0.508 e. The van der Waals surface area contributed by atoms with Crippen LogP contribution in [0.25, 0.3) is 33.7 Å². The third-order valence-corrected chi connectivity index (χ3v) is 6.37. The van der Waals surface area contributed by atoms with Crippen LogP contribution in [0.2, 0.25) is 0 Å². The summed E-state index contributed by atoms with van der Waals surface area (Å²) in [5.74, 6) is 1.81. The van der Waals surface area contributed by atoms with Gasteiger partial charge in [0.05, 0.1) is 0 Å². The number of fused-ring (bicyclic) bond motifs is 2. The zero-order valence-electron chi connectivity index (χ0n) is 15.7. The Morgan fingerprint density at radius 1 is 1.00 bits per heavy atom.